The van der Waals surface area contributed by atoms with Crippen LogP contribution in [0.4, 0.5) is 0 Å². The highest BCUT2D eigenvalue weighted by Gasteiger charge is 2.31. The Morgan fingerprint density at radius 1 is 1.23 bits per heavy atom. The molecule has 0 aromatic heterocycles. The summed E-state index contributed by atoms with van der Waals surface area (Å²) >= 11 is 0. The van der Waals surface area contributed by atoms with E-state index < -0.39 is 0 Å². The molecule has 2 fully saturated rings. The minimum absolute atomic E-state index is 0.0380. The largest absolute Gasteiger partial charge is 0.392 e. The summed E-state index contributed by atoms with van der Waals surface area (Å²) in [6.07, 6.45) is 11.1. The van der Waals surface area contributed by atoms with Crippen LogP contribution in [0, 0.1) is 5.92 Å². The lowest BCUT2D eigenvalue weighted by Gasteiger charge is -2.36. The van der Waals surface area contributed by atoms with Gasteiger partial charge < -0.3 is 5.11 Å². The van der Waals surface area contributed by atoms with Gasteiger partial charge in [-0.3, -0.25) is 9.69 Å². The first-order valence-electron chi connectivity index (χ1n) is 9.95. The molecule has 1 aliphatic heterocycles. The van der Waals surface area contributed by atoms with Crippen molar-refractivity contribution in [3.8, 4) is 0 Å². The van der Waals surface area contributed by atoms with E-state index in [-0.39, 0.29) is 18.3 Å². The number of benzene rings is 1. The van der Waals surface area contributed by atoms with E-state index in [4.69, 9.17) is 0 Å². The molecule has 3 nitrogen and oxygen atoms in total. The molecule has 0 bridgehead atoms. The predicted octanol–water partition coefficient (Wildman–Crippen LogP) is 4.56. The zero-order valence-electron chi connectivity index (χ0n) is 15.9. The van der Waals surface area contributed by atoms with Crippen LogP contribution in [0.15, 0.2) is 30.4 Å². The molecule has 0 radical (unpaired) electrons. The molecule has 1 atom stereocenters. The SMILES string of the molecule is C=Cc1cc(C(=O)C2CCCN(C3CCCC3)C2)ccc1/C=C(\C)CO. The number of rotatable bonds is 6. The summed E-state index contributed by atoms with van der Waals surface area (Å²) in [4.78, 5) is 15.7. The summed E-state index contributed by atoms with van der Waals surface area (Å²) in [7, 11) is 0. The van der Waals surface area contributed by atoms with Crippen LogP contribution in [-0.4, -0.2) is 41.5 Å². The molecule has 0 spiro atoms. The van der Waals surface area contributed by atoms with E-state index in [0.717, 1.165) is 48.2 Å². The molecule has 1 aliphatic carbocycles. The average molecular weight is 354 g/mol. The Morgan fingerprint density at radius 3 is 2.69 bits per heavy atom. The van der Waals surface area contributed by atoms with Crippen LogP contribution < -0.4 is 0 Å². The zero-order chi connectivity index (χ0) is 18.5. The fourth-order valence-electron chi connectivity index (χ4n) is 4.40. The monoisotopic (exact) mass is 353 g/mol. The van der Waals surface area contributed by atoms with E-state index in [1.165, 1.54) is 25.7 Å². The molecular weight excluding hydrogens is 322 g/mol. The quantitative estimate of drug-likeness (QED) is 0.762. The van der Waals surface area contributed by atoms with E-state index in [1.54, 1.807) is 6.08 Å². The number of hydrogen-bond donors (Lipinski definition) is 1. The van der Waals surface area contributed by atoms with Gasteiger partial charge in [0.25, 0.3) is 0 Å². The second kappa shape index (κ2) is 8.79. The smallest absolute Gasteiger partial charge is 0.167 e. The fraction of sp³-hybridized carbons (Fsp3) is 0.522. The summed E-state index contributed by atoms with van der Waals surface area (Å²) < 4.78 is 0. The third-order valence-corrected chi connectivity index (χ3v) is 5.91. The standard InChI is InChI=1S/C23H31NO2/c1-3-18-14-20(11-10-19(18)13-17(2)16-25)23(26)21-7-6-12-24(15-21)22-8-4-5-9-22/h3,10-11,13-14,21-22,25H,1,4-9,12,15-16H2,2H3/b17-13+. The number of nitrogens with zero attached hydrogens (tertiary/aromatic N) is 1. The average Bonchev–Trinajstić information content (AvgIpc) is 3.22. The van der Waals surface area contributed by atoms with Crippen LogP contribution in [-0.2, 0) is 0 Å². The summed E-state index contributed by atoms with van der Waals surface area (Å²) in [5.74, 6) is 0.382. The molecule has 1 saturated heterocycles. The van der Waals surface area contributed by atoms with Gasteiger partial charge in [0.2, 0.25) is 0 Å². The minimum Gasteiger partial charge on any atom is -0.392 e. The molecule has 2 aliphatic rings. The normalized spacial score (nSPS) is 22.5. The maximum absolute atomic E-state index is 13.1. The molecule has 3 rings (SSSR count). The molecular formula is C23H31NO2. The van der Waals surface area contributed by atoms with Gasteiger partial charge in [0.1, 0.15) is 0 Å². The molecule has 1 aromatic rings. The van der Waals surface area contributed by atoms with Crippen LogP contribution in [0.3, 0.4) is 0 Å². The van der Waals surface area contributed by atoms with Crippen LogP contribution in [0.5, 0.6) is 0 Å². The second-order valence-electron chi connectivity index (χ2n) is 7.83. The number of ketones is 1. The Hall–Kier alpha value is -1.71. The van der Waals surface area contributed by atoms with E-state index in [1.807, 2.05) is 31.2 Å². The van der Waals surface area contributed by atoms with Gasteiger partial charge in [-0.2, -0.15) is 0 Å². The third-order valence-electron chi connectivity index (χ3n) is 5.91. The Bertz CT molecular complexity index is 685. The molecule has 140 valence electrons. The molecule has 1 saturated carbocycles. The van der Waals surface area contributed by atoms with Gasteiger partial charge in [-0.15, -0.1) is 0 Å². The number of Topliss-reactive ketones (excluding diaryl/α,β-unsaturated/α-hetero) is 1. The van der Waals surface area contributed by atoms with Gasteiger partial charge in [-0.25, -0.2) is 0 Å². The topological polar surface area (TPSA) is 40.5 Å². The van der Waals surface area contributed by atoms with Crippen LogP contribution in [0.2, 0.25) is 0 Å². The van der Waals surface area contributed by atoms with Crippen molar-refractivity contribution in [2.24, 2.45) is 5.92 Å². The van der Waals surface area contributed by atoms with E-state index in [9.17, 15) is 9.90 Å². The summed E-state index contributed by atoms with van der Waals surface area (Å²) in [5.41, 5.74) is 3.63. The molecule has 1 unspecified atom stereocenters. The van der Waals surface area contributed by atoms with Gasteiger partial charge in [0.15, 0.2) is 5.78 Å². The first-order chi connectivity index (χ1) is 12.6. The van der Waals surface area contributed by atoms with Crippen LogP contribution in [0.1, 0.15) is 66.9 Å². The molecule has 1 heterocycles. The molecule has 0 amide bonds. The number of hydrogen-bond acceptors (Lipinski definition) is 3. The van der Waals surface area contributed by atoms with Crippen LogP contribution in [0.25, 0.3) is 12.2 Å². The molecule has 26 heavy (non-hydrogen) atoms. The first-order valence-corrected chi connectivity index (χ1v) is 9.95. The first kappa shape index (κ1) is 19.1. The van der Waals surface area contributed by atoms with E-state index >= 15 is 0 Å². The summed E-state index contributed by atoms with van der Waals surface area (Å²) in [5, 5.41) is 9.23. The highest BCUT2D eigenvalue weighted by Crippen LogP contribution is 2.29. The number of carbonyl (C=O) groups excluding carboxylic acids is 1. The highest BCUT2D eigenvalue weighted by atomic mass is 16.3. The van der Waals surface area contributed by atoms with Gasteiger partial charge >= 0.3 is 0 Å². The lowest BCUT2D eigenvalue weighted by molar-refractivity contribution is 0.0757. The lowest BCUT2D eigenvalue weighted by Crippen LogP contribution is -2.43. The Morgan fingerprint density at radius 2 is 2.00 bits per heavy atom. The van der Waals surface area contributed by atoms with Crippen molar-refractivity contribution in [2.45, 2.75) is 51.5 Å². The minimum atomic E-state index is 0.0380. The van der Waals surface area contributed by atoms with Gasteiger partial charge in [-0.1, -0.05) is 43.7 Å². The van der Waals surface area contributed by atoms with Crippen molar-refractivity contribution in [2.75, 3.05) is 19.7 Å². The number of carbonyl (C=O) groups is 1. The number of aliphatic hydroxyl groups excluding tert-OH is 1. The lowest BCUT2D eigenvalue weighted by atomic mass is 9.88. The molecule has 3 heteroatoms. The maximum Gasteiger partial charge on any atom is 0.167 e. The van der Waals surface area contributed by atoms with Crippen molar-refractivity contribution in [3.63, 3.8) is 0 Å². The van der Waals surface area contributed by atoms with Gasteiger partial charge in [0.05, 0.1) is 6.61 Å². The fourth-order valence-corrected chi connectivity index (χ4v) is 4.40. The van der Waals surface area contributed by atoms with Gasteiger partial charge in [0, 0.05) is 24.1 Å². The maximum atomic E-state index is 13.1. The summed E-state index contributed by atoms with van der Waals surface area (Å²) in [6.45, 7) is 7.89. The number of aliphatic hydroxyl groups is 1. The second-order valence-corrected chi connectivity index (χ2v) is 7.83. The highest BCUT2D eigenvalue weighted by molar-refractivity contribution is 5.99. The van der Waals surface area contributed by atoms with Crippen molar-refractivity contribution in [3.05, 3.63) is 47.0 Å². The zero-order valence-corrected chi connectivity index (χ0v) is 15.9. The van der Waals surface area contributed by atoms with Crippen molar-refractivity contribution in [1.82, 2.24) is 4.90 Å². The van der Waals surface area contributed by atoms with Crippen LogP contribution >= 0.6 is 0 Å². The van der Waals surface area contributed by atoms with E-state index in [2.05, 4.69) is 11.5 Å². The van der Waals surface area contributed by atoms with E-state index in [0.29, 0.717) is 6.04 Å². The molecule has 1 aromatic carbocycles. The Balaban J connectivity index is 1.75. The summed E-state index contributed by atoms with van der Waals surface area (Å²) in [6, 6.07) is 6.56. The van der Waals surface area contributed by atoms with Crippen molar-refractivity contribution >= 4 is 17.9 Å². The Labute approximate surface area is 157 Å². The van der Waals surface area contributed by atoms with Crippen molar-refractivity contribution in [1.29, 1.82) is 0 Å². The Kier molecular flexibility index (Phi) is 6.44. The number of likely N-dealkylation sites (tertiary alicyclic amines) is 1. The number of piperidine rings is 1. The van der Waals surface area contributed by atoms with Crippen molar-refractivity contribution < 1.29 is 9.90 Å². The predicted molar refractivity (Wildman–Crippen MR) is 108 cm³/mol. The van der Waals surface area contributed by atoms with Gasteiger partial charge in [-0.05, 0) is 61.9 Å². The third kappa shape index (κ3) is 4.33. The molecule has 1 N–H and O–H groups in total.